The zero-order chi connectivity index (χ0) is 13.4. The molecule has 0 aliphatic heterocycles. The minimum atomic E-state index is 0.209. The molecule has 0 atom stereocenters. The number of rotatable bonds is 8. The Kier molecular flexibility index (Phi) is 6.77. The molecule has 0 aromatic rings. The van der Waals surface area contributed by atoms with Crippen molar-refractivity contribution in [3.63, 3.8) is 0 Å². The Morgan fingerprint density at radius 3 is 2.50 bits per heavy atom. The van der Waals surface area contributed by atoms with E-state index in [0.717, 1.165) is 38.3 Å². The molecular weight excluding hydrogens is 222 g/mol. The van der Waals surface area contributed by atoms with Gasteiger partial charge in [0.2, 0.25) is 5.91 Å². The molecule has 0 N–H and O–H groups in total. The summed E-state index contributed by atoms with van der Waals surface area (Å²) >= 11 is 0. The fourth-order valence-corrected chi connectivity index (χ4v) is 1.99. The van der Waals surface area contributed by atoms with E-state index in [1.54, 1.807) is 6.92 Å². The van der Waals surface area contributed by atoms with Crippen molar-refractivity contribution in [3.05, 3.63) is 23.8 Å². The molecule has 0 aromatic heterocycles. The van der Waals surface area contributed by atoms with Crippen LogP contribution in [0.3, 0.4) is 0 Å². The van der Waals surface area contributed by atoms with E-state index < -0.39 is 0 Å². The van der Waals surface area contributed by atoms with Gasteiger partial charge in [0, 0.05) is 20.0 Å². The van der Waals surface area contributed by atoms with E-state index in [1.807, 2.05) is 4.90 Å². The van der Waals surface area contributed by atoms with E-state index >= 15 is 0 Å². The number of hydrogen-bond donors (Lipinski definition) is 0. The van der Waals surface area contributed by atoms with Gasteiger partial charge in [0.05, 0.1) is 0 Å². The largest absolute Gasteiger partial charge is 0.339 e. The second-order valence-electron chi connectivity index (χ2n) is 5.35. The first-order valence-electron chi connectivity index (χ1n) is 7.19. The zero-order valence-corrected chi connectivity index (χ0v) is 12.1. The molecule has 2 nitrogen and oxygen atoms in total. The Morgan fingerprint density at radius 2 is 1.94 bits per heavy atom. The summed E-state index contributed by atoms with van der Waals surface area (Å²) in [4.78, 5) is 13.5. The van der Waals surface area contributed by atoms with Gasteiger partial charge >= 0.3 is 0 Å². The van der Waals surface area contributed by atoms with E-state index in [9.17, 15) is 4.79 Å². The molecule has 0 aromatic carbocycles. The Bertz CT molecular complexity index is 313. The molecule has 0 saturated heterocycles. The van der Waals surface area contributed by atoms with Crippen LogP contribution < -0.4 is 0 Å². The van der Waals surface area contributed by atoms with Crippen LogP contribution in [0.15, 0.2) is 23.8 Å². The van der Waals surface area contributed by atoms with E-state index in [4.69, 9.17) is 0 Å². The smallest absolute Gasteiger partial charge is 0.219 e. The highest BCUT2D eigenvalue weighted by molar-refractivity contribution is 5.73. The minimum Gasteiger partial charge on any atom is -0.339 e. The SMILES string of the molecule is CC/C=C\CC/C=C(\C)CN(CC1CC1)C(C)=O. The maximum atomic E-state index is 11.5. The van der Waals surface area contributed by atoms with Crippen molar-refractivity contribution in [3.8, 4) is 0 Å². The lowest BCUT2D eigenvalue weighted by atomic mass is 10.2. The Hall–Kier alpha value is -1.05. The van der Waals surface area contributed by atoms with E-state index in [0.29, 0.717) is 0 Å². The van der Waals surface area contributed by atoms with Crippen LogP contribution in [0.2, 0.25) is 0 Å². The van der Waals surface area contributed by atoms with Gasteiger partial charge in [-0.25, -0.2) is 0 Å². The number of allylic oxidation sites excluding steroid dienone is 3. The Morgan fingerprint density at radius 1 is 1.22 bits per heavy atom. The second-order valence-corrected chi connectivity index (χ2v) is 5.35. The first-order chi connectivity index (χ1) is 8.63. The molecule has 0 unspecified atom stereocenters. The first-order valence-corrected chi connectivity index (χ1v) is 7.19. The van der Waals surface area contributed by atoms with Gasteiger partial charge in [-0.05, 0) is 44.9 Å². The maximum Gasteiger partial charge on any atom is 0.219 e. The summed E-state index contributed by atoms with van der Waals surface area (Å²) in [6.45, 7) is 7.73. The van der Waals surface area contributed by atoms with Crippen molar-refractivity contribution in [2.75, 3.05) is 13.1 Å². The van der Waals surface area contributed by atoms with Gasteiger partial charge in [-0.15, -0.1) is 0 Å². The third kappa shape index (κ3) is 6.63. The van der Waals surface area contributed by atoms with Crippen molar-refractivity contribution in [1.82, 2.24) is 4.90 Å². The summed E-state index contributed by atoms with van der Waals surface area (Å²) in [6.07, 6.45) is 12.6. The van der Waals surface area contributed by atoms with Gasteiger partial charge in [0.25, 0.3) is 0 Å². The molecule has 0 radical (unpaired) electrons. The lowest BCUT2D eigenvalue weighted by Gasteiger charge is -2.21. The monoisotopic (exact) mass is 249 g/mol. The molecule has 18 heavy (non-hydrogen) atoms. The standard InChI is InChI=1S/C16H27NO/c1-4-5-6-7-8-9-14(2)12-17(15(3)18)13-16-10-11-16/h5-6,9,16H,4,7-8,10-13H2,1-3H3/b6-5-,14-9+. The molecular formula is C16H27NO. The molecule has 1 amide bonds. The summed E-state index contributed by atoms with van der Waals surface area (Å²) in [7, 11) is 0. The molecule has 0 spiro atoms. The number of amides is 1. The summed E-state index contributed by atoms with van der Waals surface area (Å²) in [6, 6.07) is 0. The van der Waals surface area contributed by atoms with Crippen LogP contribution >= 0.6 is 0 Å². The Labute approximate surface area is 112 Å². The molecule has 2 heteroatoms. The normalized spacial score (nSPS) is 16.3. The van der Waals surface area contributed by atoms with Crippen LogP contribution in [0.1, 0.15) is 52.9 Å². The van der Waals surface area contributed by atoms with Crippen molar-refractivity contribution in [1.29, 1.82) is 0 Å². The van der Waals surface area contributed by atoms with Gasteiger partial charge in [0.15, 0.2) is 0 Å². The predicted octanol–water partition coefficient (Wildman–Crippen LogP) is 3.94. The zero-order valence-electron chi connectivity index (χ0n) is 12.1. The highest BCUT2D eigenvalue weighted by Crippen LogP contribution is 2.29. The van der Waals surface area contributed by atoms with Crippen LogP contribution in [0, 0.1) is 5.92 Å². The maximum absolute atomic E-state index is 11.5. The average molecular weight is 249 g/mol. The fourth-order valence-electron chi connectivity index (χ4n) is 1.99. The topological polar surface area (TPSA) is 20.3 Å². The van der Waals surface area contributed by atoms with Gasteiger partial charge in [0.1, 0.15) is 0 Å². The fraction of sp³-hybridized carbons (Fsp3) is 0.688. The van der Waals surface area contributed by atoms with E-state index in [2.05, 4.69) is 32.1 Å². The molecule has 102 valence electrons. The molecule has 0 heterocycles. The second kappa shape index (κ2) is 8.12. The van der Waals surface area contributed by atoms with Gasteiger partial charge in [-0.2, -0.15) is 0 Å². The molecule has 0 bridgehead atoms. The van der Waals surface area contributed by atoms with Crippen molar-refractivity contribution < 1.29 is 4.79 Å². The number of carbonyl (C=O) groups excluding carboxylic acids is 1. The number of unbranched alkanes of at least 4 members (excludes halogenated alkanes) is 1. The highest BCUT2D eigenvalue weighted by atomic mass is 16.2. The van der Waals surface area contributed by atoms with Crippen molar-refractivity contribution in [2.45, 2.75) is 52.9 Å². The van der Waals surface area contributed by atoms with Gasteiger partial charge in [-0.3, -0.25) is 4.79 Å². The number of hydrogen-bond acceptors (Lipinski definition) is 1. The lowest BCUT2D eigenvalue weighted by Crippen LogP contribution is -2.32. The third-order valence-corrected chi connectivity index (χ3v) is 3.29. The van der Waals surface area contributed by atoms with Crippen molar-refractivity contribution >= 4 is 5.91 Å². The van der Waals surface area contributed by atoms with Crippen LogP contribution in [0.5, 0.6) is 0 Å². The van der Waals surface area contributed by atoms with Crippen molar-refractivity contribution in [2.24, 2.45) is 5.92 Å². The van der Waals surface area contributed by atoms with Crippen LogP contribution in [0.25, 0.3) is 0 Å². The summed E-state index contributed by atoms with van der Waals surface area (Å²) < 4.78 is 0. The van der Waals surface area contributed by atoms with Crippen LogP contribution in [-0.4, -0.2) is 23.9 Å². The minimum absolute atomic E-state index is 0.209. The summed E-state index contributed by atoms with van der Waals surface area (Å²) in [5.41, 5.74) is 1.32. The van der Waals surface area contributed by atoms with E-state index in [1.165, 1.54) is 18.4 Å². The van der Waals surface area contributed by atoms with Gasteiger partial charge in [-0.1, -0.05) is 30.7 Å². The summed E-state index contributed by atoms with van der Waals surface area (Å²) in [5, 5.41) is 0. The first kappa shape index (κ1) is 15.0. The predicted molar refractivity (Wildman–Crippen MR) is 77.4 cm³/mol. The third-order valence-electron chi connectivity index (χ3n) is 3.29. The lowest BCUT2D eigenvalue weighted by molar-refractivity contribution is -0.128. The van der Waals surface area contributed by atoms with Crippen LogP contribution in [-0.2, 0) is 4.79 Å². The van der Waals surface area contributed by atoms with E-state index in [-0.39, 0.29) is 5.91 Å². The Balaban J connectivity index is 2.29. The van der Waals surface area contributed by atoms with Crippen LogP contribution in [0.4, 0.5) is 0 Å². The average Bonchev–Trinajstić information content (AvgIpc) is 3.11. The molecule has 1 aliphatic rings. The summed E-state index contributed by atoms with van der Waals surface area (Å²) in [5.74, 6) is 0.981. The highest BCUT2D eigenvalue weighted by Gasteiger charge is 2.25. The molecule has 1 saturated carbocycles. The number of carbonyl (C=O) groups is 1. The molecule has 1 aliphatic carbocycles. The molecule has 1 rings (SSSR count). The molecule has 1 fully saturated rings. The quantitative estimate of drug-likeness (QED) is 0.471. The van der Waals surface area contributed by atoms with Gasteiger partial charge < -0.3 is 4.90 Å². The number of nitrogens with zero attached hydrogens (tertiary/aromatic N) is 1.